The average molecular weight is 276 g/mol. The normalized spacial score (nSPS) is 20.4. The summed E-state index contributed by atoms with van der Waals surface area (Å²) in [4.78, 5) is 14.7. The van der Waals surface area contributed by atoms with Gasteiger partial charge in [-0.25, -0.2) is 0 Å². The van der Waals surface area contributed by atoms with Gasteiger partial charge in [-0.05, 0) is 50.4 Å². The molecule has 1 unspecified atom stereocenters. The van der Waals surface area contributed by atoms with E-state index in [1.165, 1.54) is 12.8 Å². The lowest BCUT2D eigenvalue weighted by Gasteiger charge is -2.32. The third-order valence-electron chi connectivity index (χ3n) is 4.13. The van der Waals surface area contributed by atoms with Crippen LogP contribution in [0.15, 0.2) is 24.5 Å². The minimum Gasteiger partial charge on any atom is -0.354 e. The molecule has 1 fully saturated rings. The first kappa shape index (κ1) is 15.3. The van der Waals surface area contributed by atoms with Crippen molar-refractivity contribution < 1.29 is 4.79 Å². The first-order valence-corrected chi connectivity index (χ1v) is 8.01. The summed E-state index contributed by atoms with van der Waals surface area (Å²) in [5.41, 5.74) is 0. The Morgan fingerprint density at radius 1 is 1.25 bits per heavy atom. The van der Waals surface area contributed by atoms with Crippen molar-refractivity contribution in [1.29, 1.82) is 0 Å². The molecule has 3 nitrogen and oxygen atoms in total. The number of rotatable bonds is 7. The van der Waals surface area contributed by atoms with Gasteiger partial charge in [-0.3, -0.25) is 4.79 Å². The summed E-state index contributed by atoms with van der Waals surface area (Å²) in [5, 5.41) is 0. The number of ketones is 1. The molecule has 2 rings (SSSR count). The number of likely N-dealkylation sites (tertiary alicyclic amines) is 1. The molecule has 20 heavy (non-hydrogen) atoms. The lowest BCUT2D eigenvalue weighted by Crippen LogP contribution is -2.39. The van der Waals surface area contributed by atoms with E-state index in [9.17, 15) is 4.79 Å². The number of aromatic nitrogens is 1. The fraction of sp³-hybridized carbons (Fsp3) is 0.706. The van der Waals surface area contributed by atoms with Crippen LogP contribution in [-0.2, 0) is 11.3 Å². The highest BCUT2D eigenvalue weighted by molar-refractivity contribution is 5.81. The van der Waals surface area contributed by atoms with Crippen molar-refractivity contribution in [2.45, 2.75) is 46.1 Å². The number of hydrogen-bond donors (Lipinski definition) is 0. The van der Waals surface area contributed by atoms with E-state index >= 15 is 0 Å². The Kier molecular flexibility index (Phi) is 5.84. The zero-order valence-corrected chi connectivity index (χ0v) is 12.9. The van der Waals surface area contributed by atoms with Crippen molar-refractivity contribution in [3.05, 3.63) is 24.5 Å². The summed E-state index contributed by atoms with van der Waals surface area (Å²) in [6, 6.07) is 4.14. The Morgan fingerprint density at radius 3 is 2.70 bits per heavy atom. The Hall–Kier alpha value is -1.09. The monoisotopic (exact) mass is 276 g/mol. The summed E-state index contributed by atoms with van der Waals surface area (Å²) >= 11 is 0. The molecule has 1 aliphatic heterocycles. The maximum absolute atomic E-state index is 12.2. The van der Waals surface area contributed by atoms with E-state index < -0.39 is 0 Å². The number of aryl methyl sites for hydroxylation is 1. The molecule has 1 atom stereocenters. The van der Waals surface area contributed by atoms with Crippen molar-refractivity contribution >= 4 is 5.78 Å². The van der Waals surface area contributed by atoms with E-state index in [1.54, 1.807) is 0 Å². The molecular formula is C17H28N2O. The van der Waals surface area contributed by atoms with Gasteiger partial charge in [-0.1, -0.05) is 13.8 Å². The smallest absolute Gasteiger partial charge is 0.137 e. The van der Waals surface area contributed by atoms with Crippen molar-refractivity contribution in [3.63, 3.8) is 0 Å². The minimum absolute atomic E-state index is 0.290. The fourth-order valence-electron chi connectivity index (χ4n) is 3.09. The second-order valence-corrected chi connectivity index (χ2v) is 6.48. The van der Waals surface area contributed by atoms with Crippen molar-refractivity contribution in [2.75, 3.05) is 19.6 Å². The molecule has 0 bridgehead atoms. The van der Waals surface area contributed by atoms with Gasteiger partial charge in [0.15, 0.2) is 0 Å². The maximum Gasteiger partial charge on any atom is 0.137 e. The van der Waals surface area contributed by atoms with Crippen LogP contribution in [0.4, 0.5) is 0 Å². The quantitative estimate of drug-likeness (QED) is 0.764. The molecule has 1 saturated heterocycles. The topological polar surface area (TPSA) is 25.2 Å². The van der Waals surface area contributed by atoms with Gasteiger partial charge < -0.3 is 9.47 Å². The van der Waals surface area contributed by atoms with E-state index in [2.05, 4.69) is 47.8 Å². The third kappa shape index (κ3) is 4.78. The molecular weight excluding hydrogens is 248 g/mol. The predicted octanol–water partition coefficient (Wildman–Crippen LogP) is 3.21. The number of hydrogen-bond acceptors (Lipinski definition) is 2. The van der Waals surface area contributed by atoms with Gasteiger partial charge in [0.1, 0.15) is 5.78 Å². The standard InChI is InChI=1S/C17H28N2O/c1-15(2)13-17(20)16-7-5-10-19(14-16)12-6-11-18-8-3-4-9-18/h3-4,8-9,15-16H,5-7,10-14H2,1-2H3. The van der Waals surface area contributed by atoms with Gasteiger partial charge in [0.25, 0.3) is 0 Å². The molecule has 0 saturated carbocycles. The van der Waals surface area contributed by atoms with Crippen LogP contribution in [0.25, 0.3) is 0 Å². The molecule has 3 heteroatoms. The summed E-state index contributed by atoms with van der Waals surface area (Å²) in [6.45, 7) is 8.61. The Balaban J connectivity index is 1.71. The molecule has 0 spiro atoms. The van der Waals surface area contributed by atoms with E-state index in [0.29, 0.717) is 11.7 Å². The van der Waals surface area contributed by atoms with Gasteiger partial charge in [-0.15, -0.1) is 0 Å². The van der Waals surface area contributed by atoms with Crippen LogP contribution in [0.1, 0.15) is 39.5 Å². The highest BCUT2D eigenvalue weighted by Crippen LogP contribution is 2.20. The Labute approximate surface area is 123 Å². The van der Waals surface area contributed by atoms with Gasteiger partial charge >= 0.3 is 0 Å². The SMILES string of the molecule is CC(C)CC(=O)C1CCCN(CCCn2cccc2)C1. The maximum atomic E-state index is 12.2. The van der Waals surface area contributed by atoms with E-state index in [1.807, 2.05) is 0 Å². The third-order valence-corrected chi connectivity index (χ3v) is 4.13. The van der Waals surface area contributed by atoms with Crippen LogP contribution in [0.3, 0.4) is 0 Å². The van der Waals surface area contributed by atoms with Crippen LogP contribution in [-0.4, -0.2) is 34.9 Å². The van der Waals surface area contributed by atoms with Gasteiger partial charge in [0.05, 0.1) is 0 Å². The highest BCUT2D eigenvalue weighted by atomic mass is 16.1. The van der Waals surface area contributed by atoms with Crippen LogP contribution in [0.5, 0.6) is 0 Å². The van der Waals surface area contributed by atoms with Crippen LogP contribution in [0, 0.1) is 11.8 Å². The zero-order chi connectivity index (χ0) is 14.4. The van der Waals surface area contributed by atoms with Crippen LogP contribution in [0.2, 0.25) is 0 Å². The van der Waals surface area contributed by atoms with Crippen molar-refractivity contribution in [3.8, 4) is 0 Å². The fourth-order valence-corrected chi connectivity index (χ4v) is 3.09. The summed E-state index contributed by atoms with van der Waals surface area (Å²) < 4.78 is 2.23. The van der Waals surface area contributed by atoms with E-state index in [0.717, 1.165) is 39.0 Å². The molecule has 1 aliphatic rings. The number of carbonyl (C=O) groups excluding carboxylic acids is 1. The van der Waals surface area contributed by atoms with Gasteiger partial charge in [0.2, 0.25) is 0 Å². The Bertz CT molecular complexity index is 397. The number of carbonyl (C=O) groups is 1. The lowest BCUT2D eigenvalue weighted by atomic mass is 9.89. The second-order valence-electron chi connectivity index (χ2n) is 6.48. The molecule has 112 valence electrons. The summed E-state index contributed by atoms with van der Waals surface area (Å²) in [6.07, 6.45) is 8.43. The van der Waals surface area contributed by atoms with E-state index in [4.69, 9.17) is 0 Å². The summed E-state index contributed by atoms with van der Waals surface area (Å²) in [5.74, 6) is 1.26. The lowest BCUT2D eigenvalue weighted by molar-refractivity contribution is -0.125. The molecule has 1 aromatic heterocycles. The zero-order valence-electron chi connectivity index (χ0n) is 12.9. The number of nitrogens with zero attached hydrogens (tertiary/aromatic N) is 2. The van der Waals surface area contributed by atoms with Crippen LogP contribution < -0.4 is 0 Å². The van der Waals surface area contributed by atoms with E-state index in [-0.39, 0.29) is 5.92 Å². The first-order chi connectivity index (χ1) is 9.65. The molecule has 0 aliphatic carbocycles. The number of Topliss-reactive ketones (excluding diaryl/α,β-unsaturated/α-hetero) is 1. The minimum atomic E-state index is 0.290. The summed E-state index contributed by atoms with van der Waals surface area (Å²) in [7, 11) is 0. The molecule has 0 aromatic carbocycles. The number of piperidine rings is 1. The highest BCUT2D eigenvalue weighted by Gasteiger charge is 2.25. The van der Waals surface area contributed by atoms with Gasteiger partial charge in [0, 0.05) is 37.8 Å². The van der Waals surface area contributed by atoms with Gasteiger partial charge in [-0.2, -0.15) is 0 Å². The largest absolute Gasteiger partial charge is 0.354 e. The first-order valence-electron chi connectivity index (χ1n) is 8.01. The second kappa shape index (κ2) is 7.63. The Morgan fingerprint density at radius 2 is 2.00 bits per heavy atom. The molecule has 1 aromatic rings. The van der Waals surface area contributed by atoms with Crippen LogP contribution >= 0.6 is 0 Å². The molecule has 0 radical (unpaired) electrons. The molecule has 0 amide bonds. The predicted molar refractivity (Wildman–Crippen MR) is 82.7 cm³/mol. The molecule has 0 N–H and O–H groups in total. The van der Waals surface area contributed by atoms with Crippen molar-refractivity contribution in [2.24, 2.45) is 11.8 Å². The van der Waals surface area contributed by atoms with Crippen molar-refractivity contribution in [1.82, 2.24) is 9.47 Å². The molecule has 2 heterocycles. The average Bonchev–Trinajstić information content (AvgIpc) is 2.91.